The van der Waals surface area contributed by atoms with Crippen LogP contribution in [0.2, 0.25) is 0 Å². The Kier molecular flexibility index (Phi) is 6.61. The van der Waals surface area contributed by atoms with E-state index in [1.807, 2.05) is 43.3 Å². The molecule has 0 aliphatic rings. The fourth-order valence-corrected chi connectivity index (χ4v) is 4.26. The minimum Gasteiger partial charge on any atom is -0.348 e. The molecule has 30 heavy (non-hydrogen) atoms. The van der Waals surface area contributed by atoms with Gasteiger partial charge in [-0.05, 0) is 42.5 Å². The Morgan fingerprint density at radius 1 is 1.07 bits per heavy atom. The van der Waals surface area contributed by atoms with Crippen molar-refractivity contribution in [2.24, 2.45) is 5.92 Å². The zero-order valence-electron chi connectivity index (χ0n) is 17.9. The van der Waals surface area contributed by atoms with Crippen LogP contribution in [0.4, 0.5) is 0 Å². The van der Waals surface area contributed by atoms with E-state index in [0.29, 0.717) is 17.3 Å². The Labute approximate surface area is 178 Å². The highest BCUT2D eigenvalue weighted by atomic mass is 32.2. The van der Waals surface area contributed by atoms with Gasteiger partial charge >= 0.3 is 0 Å². The second-order valence-corrected chi connectivity index (χ2v) is 10.4. The van der Waals surface area contributed by atoms with Gasteiger partial charge in [0.1, 0.15) is 18.1 Å². The number of nitrogens with zero attached hydrogens (tertiary/aromatic N) is 2. The molecule has 1 aromatic heterocycles. The summed E-state index contributed by atoms with van der Waals surface area (Å²) in [4.78, 5) is 17.2. The SMILES string of the molecule is CC(C)Cc1ccc(C(C)NC(=O)Cn2c(CS(C)(=O)=O)nc3ccccc32)cc1. The molecule has 7 heteroatoms. The third-order valence-electron chi connectivity index (χ3n) is 4.93. The Morgan fingerprint density at radius 3 is 2.37 bits per heavy atom. The molecule has 0 bridgehead atoms. The largest absolute Gasteiger partial charge is 0.348 e. The Hall–Kier alpha value is -2.67. The summed E-state index contributed by atoms with van der Waals surface area (Å²) in [6.07, 6.45) is 2.19. The number of fused-ring (bicyclic) bond motifs is 1. The fraction of sp³-hybridized carbons (Fsp3) is 0.391. The Morgan fingerprint density at radius 2 is 1.73 bits per heavy atom. The number of hydrogen-bond acceptors (Lipinski definition) is 4. The first-order valence-electron chi connectivity index (χ1n) is 10.1. The van der Waals surface area contributed by atoms with Crippen LogP contribution in [0, 0.1) is 5.92 Å². The highest BCUT2D eigenvalue weighted by Gasteiger charge is 2.18. The van der Waals surface area contributed by atoms with E-state index in [1.165, 1.54) is 11.8 Å². The average Bonchev–Trinajstić information content (AvgIpc) is 2.97. The Bertz CT molecular complexity index is 1130. The van der Waals surface area contributed by atoms with Gasteiger partial charge in [0.25, 0.3) is 0 Å². The second kappa shape index (κ2) is 9.00. The minimum absolute atomic E-state index is 0.0150. The Balaban J connectivity index is 1.75. The maximum Gasteiger partial charge on any atom is 0.240 e. The zero-order chi connectivity index (χ0) is 21.9. The van der Waals surface area contributed by atoms with E-state index < -0.39 is 9.84 Å². The van der Waals surface area contributed by atoms with Crippen molar-refractivity contribution in [1.29, 1.82) is 0 Å². The molecule has 1 N–H and O–H groups in total. The van der Waals surface area contributed by atoms with Gasteiger partial charge in [-0.2, -0.15) is 0 Å². The number of aromatic nitrogens is 2. The topological polar surface area (TPSA) is 81.1 Å². The fourth-order valence-electron chi connectivity index (χ4n) is 3.57. The van der Waals surface area contributed by atoms with Gasteiger partial charge in [0, 0.05) is 6.26 Å². The van der Waals surface area contributed by atoms with Crippen LogP contribution >= 0.6 is 0 Å². The number of carbonyl (C=O) groups is 1. The van der Waals surface area contributed by atoms with Crippen molar-refractivity contribution < 1.29 is 13.2 Å². The highest BCUT2D eigenvalue weighted by molar-refractivity contribution is 7.89. The van der Waals surface area contributed by atoms with Crippen molar-refractivity contribution in [2.45, 2.75) is 45.5 Å². The molecule has 6 nitrogen and oxygen atoms in total. The van der Waals surface area contributed by atoms with E-state index >= 15 is 0 Å². The monoisotopic (exact) mass is 427 g/mol. The number of para-hydroxylation sites is 2. The van der Waals surface area contributed by atoms with Crippen molar-refractivity contribution >= 4 is 26.8 Å². The number of hydrogen-bond donors (Lipinski definition) is 1. The molecule has 0 spiro atoms. The molecular formula is C23H29N3O3S. The lowest BCUT2D eigenvalue weighted by atomic mass is 10.00. The first kappa shape index (κ1) is 22.0. The molecule has 3 rings (SSSR count). The lowest BCUT2D eigenvalue weighted by molar-refractivity contribution is -0.122. The van der Waals surface area contributed by atoms with Gasteiger partial charge in [-0.3, -0.25) is 4.79 Å². The standard InChI is InChI=1S/C23H29N3O3S/c1-16(2)13-18-9-11-19(12-10-18)17(3)24-23(27)14-26-21-8-6-5-7-20(21)25-22(26)15-30(4,28)29/h5-12,16-17H,13-15H2,1-4H3,(H,24,27). The molecule has 2 aromatic carbocycles. The number of benzene rings is 2. The van der Waals surface area contributed by atoms with E-state index in [-0.39, 0.29) is 24.2 Å². The molecule has 0 fully saturated rings. The molecular weight excluding hydrogens is 398 g/mol. The third kappa shape index (κ3) is 5.69. The van der Waals surface area contributed by atoms with Crippen LogP contribution in [0.25, 0.3) is 11.0 Å². The summed E-state index contributed by atoms with van der Waals surface area (Å²) in [5.74, 6) is 0.576. The number of imidazole rings is 1. The first-order chi connectivity index (χ1) is 14.1. The van der Waals surface area contributed by atoms with Gasteiger partial charge in [-0.15, -0.1) is 0 Å². The molecule has 160 valence electrons. The molecule has 0 aliphatic carbocycles. The predicted molar refractivity (Wildman–Crippen MR) is 120 cm³/mol. The van der Waals surface area contributed by atoms with Crippen LogP contribution in [0.1, 0.15) is 43.8 Å². The quantitative estimate of drug-likeness (QED) is 0.595. The van der Waals surface area contributed by atoms with Crippen LogP contribution in [0.5, 0.6) is 0 Å². The maximum atomic E-state index is 12.8. The van der Waals surface area contributed by atoms with Gasteiger partial charge in [-0.25, -0.2) is 13.4 Å². The molecule has 1 unspecified atom stereocenters. The molecule has 0 aliphatic heterocycles. The average molecular weight is 428 g/mol. The number of amides is 1. The minimum atomic E-state index is -3.28. The van der Waals surface area contributed by atoms with Crippen LogP contribution in [0.3, 0.4) is 0 Å². The van der Waals surface area contributed by atoms with Gasteiger partial charge < -0.3 is 9.88 Å². The summed E-state index contributed by atoms with van der Waals surface area (Å²) in [5, 5.41) is 3.01. The van der Waals surface area contributed by atoms with E-state index in [9.17, 15) is 13.2 Å². The molecule has 0 saturated carbocycles. The summed E-state index contributed by atoms with van der Waals surface area (Å²) in [5.41, 5.74) is 3.74. The van der Waals surface area contributed by atoms with E-state index in [2.05, 4.69) is 36.3 Å². The van der Waals surface area contributed by atoms with Gasteiger partial charge in [0.15, 0.2) is 9.84 Å². The number of rotatable bonds is 8. The second-order valence-electron chi connectivity index (χ2n) is 8.30. The summed E-state index contributed by atoms with van der Waals surface area (Å²) >= 11 is 0. The number of sulfone groups is 1. The van der Waals surface area contributed by atoms with Crippen molar-refractivity contribution in [3.8, 4) is 0 Å². The molecule has 0 saturated heterocycles. The lowest BCUT2D eigenvalue weighted by Crippen LogP contribution is -2.30. The van der Waals surface area contributed by atoms with Crippen molar-refractivity contribution in [1.82, 2.24) is 14.9 Å². The first-order valence-corrected chi connectivity index (χ1v) is 12.2. The van der Waals surface area contributed by atoms with E-state index in [1.54, 1.807) is 4.57 Å². The lowest BCUT2D eigenvalue weighted by Gasteiger charge is -2.16. The zero-order valence-corrected chi connectivity index (χ0v) is 18.7. The third-order valence-corrected chi connectivity index (χ3v) is 5.71. The number of carbonyl (C=O) groups excluding carboxylic acids is 1. The van der Waals surface area contributed by atoms with E-state index in [4.69, 9.17) is 0 Å². The summed E-state index contributed by atoms with van der Waals surface area (Å²) in [6.45, 7) is 6.34. The van der Waals surface area contributed by atoms with Crippen molar-refractivity contribution in [3.05, 3.63) is 65.5 Å². The van der Waals surface area contributed by atoms with Crippen LogP contribution in [0.15, 0.2) is 48.5 Å². The maximum absolute atomic E-state index is 12.8. The predicted octanol–water partition coefficient (Wildman–Crippen LogP) is 3.66. The summed E-state index contributed by atoms with van der Waals surface area (Å²) < 4.78 is 25.3. The van der Waals surface area contributed by atoms with Gasteiger partial charge in [-0.1, -0.05) is 50.2 Å². The smallest absolute Gasteiger partial charge is 0.240 e. The van der Waals surface area contributed by atoms with Crippen LogP contribution in [-0.4, -0.2) is 30.1 Å². The molecule has 1 heterocycles. The van der Waals surface area contributed by atoms with Gasteiger partial charge in [0.2, 0.25) is 5.91 Å². The molecule has 0 radical (unpaired) electrons. The van der Waals surface area contributed by atoms with E-state index in [0.717, 1.165) is 17.5 Å². The molecule has 3 aromatic rings. The summed E-state index contributed by atoms with van der Waals surface area (Å²) in [7, 11) is -3.28. The van der Waals surface area contributed by atoms with Crippen molar-refractivity contribution in [2.75, 3.05) is 6.26 Å². The normalized spacial score (nSPS) is 13.0. The van der Waals surface area contributed by atoms with Crippen LogP contribution in [-0.2, 0) is 33.4 Å². The van der Waals surface area contributed by atoms with Gasteiger partial charge in [0.05, 0.1) is 17.1 Å². The summed E-state index contributed by atoms with van der Waals surface area (Å²) in [6, 6.07) is 15.5. The van der Waals surface area contributed by atoms with Crippen molar-refractivity contribution in [3.63, 3.8) is 0 Å². The number of nitrogens with one attached hydrogen (secondary N) is 1. The molecule has 1 atom stereocenters. The van der Waals surface area contributed by atoms with Crippen LogP contribution < -0.4 is 5.32 Å². The highest BCUT2D eigenvalue weighted by Crippen LogP contribution is 2.19. The molecule has 1 amide bonds.